The van der Waals surface area contributed by atoms with Crippen LogP contribution in [0.5, 0.6) is 0 Å². The van der Waals surface area contributed by atoms with Crippen LogP contribution in [0.4, 0.5) is 11.4 Å². The molecule has 0 bridgehead atoms. The predicted octanol–water partition coefficient (Wildman–Crippen LogP) is 3.12. The fourth-order valence-electron chi connectivity index (χ4n) is 2.37. The van der Waals surface area contributed by atoms with Crippen LogP contribution < -0.4 is 5.32 Å². The number of aromatic amines is 1. The molecule has 10 heteroatoms. The number of nitro groups is 1. The number of pyridine rings is 1. The van der Waals surface area contributed by atoms with E-state index in [9.17, 15) is 14.9 Å². The number of H-pyrrole nitrogens is 1. The van der Waals surface area contributed by atoms with Gasteiger partial charge in [-0.1, -0.05) is 17.8 Å². The Balaban J connectivity index is 1.67. The molecular weight excluding hydrogens is 368 g/mol. The molecule has 0 saturated carbocycles. The highest BCUT2D eigenvalue weighted by atomic mass is 32.2. The van der Waals surface area contributed by atoms with Crippen LogP contribution >= 0.6 is 11.8 Å². The standard InChI is InChI=1S/C17H16N6O3S/c1-10-3-4-13(23(25)26)15(11(10)2)19-14(24)9-27-17-20-16(21-22-17)12-5-7-18-8-6-12/h3-8H,9H2,1-2H3,(H,19,24)(H,20,21,22). The number of hydrogen-bond acceptors (Lipinski definition) is 7. The minimum absolute atomic E-state index is 0.0260. The van der Waals surface area contributed by atoms with Gasteiger partial charge in [0.15, 0.2) is 5.82 Å². The largest absolute Gasteiger partial charge is 0.319 e. The van der Waals surface area contributed by atoms with E-state index in [1.807, 2.05) is 6.92 Å². The molecule has 1 aromatic carbocycles. The molecule has 0 aliphatic carbocycles. The van der Waals surface area contributed by atoms with E-state index < -0.39 is 4.92 Å². The Hall–Kier alpha value is -3.27. The zero-order valence-corrected chi connectivity index (χ0v) is 15.4. The Morgan fingerprint density at radius 1 is 1.26 bits per heavy atom. The Kier molecular flexibility index (Phi) is 5.46. The summed E-state index contributed by atoms with van der Waals surface area (Å²) in [7, 11) is 0. The van der Waals surface area contributed by atoms with Gasteiger partial charge in [0.25, 0.3) is 5.69 Å². The van der Waals surface area contributed by atoms with Crippen molar-refractivity contribution in [3.63, 3.8) is 0 Å². The van der Waals surface area contributed by atoms with Gasteiger partial charge in [0.1, 0.15) is 5.69 Å². The third-order valence-corrected chi connectivity index (χ3v) is 4.77. The lowest BCUT2D eigenvalue weighted by Gasteiger charge is -2.10. The van der Waals surface area contributed by atoms with E-state index >= 15 is 0 Å². The number of hydrogen-bond donors (Lipinski definition) is 2. The third-order valence-electron chi connectivity index (χ3n) is 3.93. The number of anilines is 1. The van der Waals surface area contributed by atoms with Crippen molar-refractivity contribution < 1.29 is 9.72 Å². The summed E-state index contributed by atoms with van der Waals surface area (Å²) in [6, 6.07) is 6.64. The van der Waals surface area contributed by atoms with Crippen molar-refractivity contribution in [2.75, 3.05) is 11.1 Å². The minimum Gasteiger partial charge on any atom is -0.319 e. The maximum Gasteiger partial charge on any atom is 0.293 e. The summed E-state index contributed by atoms with van der Waals surface area (Å²) in [5.74, 6) is 0.232. The van der Waals surface area contributed by atoms with Crippen molar-refractivity contribution in [1.29, 1.82) is 0 Å². The molecule has 0 fully saturated rings. The van der Waals surface area contributed by atoms with Crippen molar-refractivity contribution in [2.45, 2.75) is 19.0 Å². The summed E-state index contributed by atoms with van der Waals surface area (Å²) in [6.45, 7) is 3.57. The quantitative estimate of drug-likeness (QED) is 0.380. The monoisotopic (exact) mass is 384 g/mol. The van der Waals surface area contributed by atoms with Crippen molar-refractivity contribution >= 4 is 29.0 Å². The number of carbonyl (C=O) groups excluding carboxylic acids is 1. The van der Waals surface area contributed by atoms with E-state index in [1.54, 1.807) is 37.5 Å². The van der Waals surface area contributed by atoms with Crippen molar-refractivity contribution in [1.82, 2.24) is 20.2 Å². The number of rotatable bonds is 6. The lowest BCUT2D eigenvalue weighted by atomic mass is 10.1. The van der Waals surface area contributed by atoms with Crippen molar-refractivity contribution in [2.24, 2.45) is 0 Å². The molecule has 138 valence electrons. The van der Waals surface area contributed by atoms with Gasteiger partial charge in [-0.2, -0.15) is 0 Å². The van der Waals surface area contributed by atoms with E-state index in [2.05, 4.69) is 25.5 Å². The molecule has 0 aliphatic rings. The highest BCUT2D eigenvalue weighted by Gasteiger charge is 2.19. The molecule has 2 N–H and O–H groups in total. The van der Waals surface area contributed by atoms with Crippen molar-refractivity contribution in [3.05, 3.63) is 57.9 Å². The summed E-state index contributed by atoms with van der Waals surface area (Å²) in [4.78, 5) is 31.2. The second kappa shape index (κ2) is 7.96. The van der Waals surface area contributed by atoms with E-state index in [1.165, 1.54) is 6.07 Å². The van der Waals surface area contributed by atoms with Gasteiger partial charge in [-0.3, -0.25) is 25.0 Å². The molecule has 0 saturated heterocycles. The summed E-state index contributed by atoms with van der Waals surface area (Å²) in [6.07, 6.45) is 3.30. The summed E-state index contributed by atoms with van der Waals surface area (Å²) < 4.78 is 0. The average molecular weight is 384 g/mol. The second-order valence-electron chi connectivity index (χ2n) is 5.70. The number of carbonyl (C=O) groups is 1. The number of thioether (sulfide) groups is 1. The summed E-state index contributed by atoms with van der Waals surface area (Å²) in [5.41, 5.74) is 2.45. The van der Waals surface area contributed by atoms with Crippen LogP contribution in [0.2, 0.25) is 0 Å². The number of nitro benzene ring substituents is 1. The van der Waals surface area contributed by atoms with Gasteiger partial charge < -0.3 is 5.32 Å². The number of aryl methyl sites for hydroxylation is 1. The first-order valence-electron chi connectivity index (χ1n) is 7.95. The molecule has 2 heterocycles. The number of amides is 1. The van der Waals surface area contributed by atoms with E-state index in [0.717, 1.165) is 22.9 Å². The van der Waals surface area contributed by atoms with Crippen LogP contribution in [0.15, 0.2) is 41.8 Å². The predicted molar refractivity (Wildman–Crippen MR) is 102 cm³/mol. The first-order valence-corrected chi connectivity index (χ1v) is 8.94. The molecule has 0 radical (unpaired) electrons. The zero-order chi connectivity index (χ0) is 19.4. The average Bonchev–Trinajstić information content (AvgIpc) is 3.13. The highest BCUT2D eigenvalue weighted by molar-refractivity contribution is 7.99. The van der Waals surface area contributed by atoms with Gasteiger partial charge in [0.2, 0.25) is 11.1 Å². The molecular formula is C17H16N6O3S. The molecule has 0 spiro atoms. The smallest absolute Gasteiger partial charge is 0.293 e. The number of benzene rings is 1. The minimum atomic E-state index is -0.508. The van der Waals surface area contributed by atoms with Gasteiger partial charge in [-0.15, -0.1) is 5.10 Å². The summed E-state index contributed by atoms with van der Waals surface area (Å²) >= 11 is 1.14. The number of nitrogens with one attached hydrogen (secondary N) is 2. The first kappa shape index (κ1) is 18.5. The molecule has 0 unspecified atom stereocenters. The molecule has 3 aromatic rings. The topological polar surface area (TPSA) is 127 Å². The molecule has 27 heavy (non-hydrogen) atoms. The van der Waals surface area contributed by atoms with Crippen LogP contribution in [0.25, 0.3) is 11.4 Å². The Morgan fingerprint density at radius 2 is 2.00 bits per heavy atom. The second-order valence-corrected chi connectivity index (χ2v) is 6.64. The Labute approximate surface area is 158 Å². The summed E-state index contributed by atoms with van der Waals surface area (Å²) in [5, 5.41) is 21.1. The normalized spacial score (nSPS) is 10.6. The van der Waals surface area contributed by atoms with Crippen LogP contribution in [-0.2, 0) is 4.79 Å². The lowest BCUT2D eigenvalue weighted by Crippen LogP contribution is -2.16. The molecule has 3 rings (SSSR count). The molecule has 0 aliphatic heterocycles. The van der Waals surface area contributed by atoms with E-state index in [4.69, 9.17) is 0 Å². The molecule has 1 amide bonds. The molecule has 9 nitrogen and oxygen atoms in total. The van der Waals surface area contributed by atoms with E-state index in [0.29, 0.717) is 16.5 Å². The van der Waals surface area contributed by atoms with Gasteiger partial charge in [0, 0.05) is 24.0 Å². The molecule has 2 aromatic heterocycles. The fraction of sp³-hybridized carbons (Fsp3) is 0.176. The van der Waals surface area contributed by atoms with Crippen LogP contribution in [0.3, 0.4) is 0 Å². The van der Waals surface area contributed by atoms with Gasteiger partial charge >= 0.3 is 0 Å². The van der Waals surface area contributed by atoms with Gasteiger partial charge in [0.05, 0.1) is 10.7 Å². The van der Waals surface area contributed by atoms with Gasteiger partial charge in [-0.25, -0.2) is 4.98 Å². The first-order chi connectivity index (χ1) is 13.0. The maximum absolute atomic E-state index is 12.3. The van der Waals surface area contributed by atoms with Crippen molar-refractivity contribution in [3.8, 4) is 11.4 Å². The van der Waals surface area contributed by atoms with Gasteiger partial charge in [-0.05, 0) is 37.1 Å². The number of aromatic nitrogens is 4. The number of nitrogens with zero attached hydrogens (tertiary/aromatic N) is 4. The van der Waals surface area contributed by atoms with E-state index in [-0.39, 0.29) is 23.0 Å². The third kappa shape index (κ3) is 4.29. The lowest BCUT2D eigenvalue weighted by molar-refractivity contribution is -0.384. The Morgan fingerprint density at radius 3 is 2.70 bits per heavy atom. The Bertz CT molecular complexity index is 990. The van der Waals surface area contributed by atoms with Crippen LogP contribution in [0, 0.1) is 24.0 Å². The SMILES string of the molecule is Cc1ccc([N+](=O)[O-])c(NC(=O)CSc2n[nH]c(-c3ccncc3)n2)c1C. The zero-order valence-electron chi connectivity index (χ0n) is 14.6. The highest BCUT2D eigenvalue weighted by Crippen LogP contribution is 2.30. The maximum atomic E-state index is 12.3. The molecule has 0 atom stereocenters. The van der Waals surface area contributed by atoms with Crippen LogP contribution in [0.1, 0.15) is 11.1 Å². The fourth-order valence-corrected chi connectivity index (χ4v) is 2.97. The van der Waals surface area contributed by atoms with Crippen LogP contribution in [-0.4, -0.2) is 36.7 Å².